The largest absolute Gasteiger partial charge is 0.369 e. The van der Waals surface area contributed by atoms with Gasteiger partial charge in [-0.1, -0.05) is 0 Å². The van der Waals surface area contributed by atoms with Crippen molar-refractivity contribution in [3.8, 4) is 0 Å². The number of rotatable bonds is 3. The van der Waals surface area contributed by atoms with Crippen LogP contribution in [0.25, 0.3) is 0 Å². The van der Waals surface area contributed by atoms with Crippen molar-refractivity contribution in [3.63, 3.8) is 0 Å². The average Bonchev–Trinajstić information content (AvgIpc) is 3.05. The summed E-state index contributed by atoms with van der Waals surface area (Å²) in [7, 11) is 3.68. The molecule has 1 amide bonds. The number of amides is 1. The van der Waals surface area contributed by atoms with Gasteiger partial charge in [0.25, 0.3) is 5.91 Å². The van der Waals surface area contributed by atoms with Crippen LogP contribution in [0.5, 0.6) is 0 Å². The van der Waals surface area contributed by atoms with E-state index in [0.717, 1.165) is 17.1 Å². The topological polar surface area (TPSA) is 76.0 Å². The van der Waals surface area contributed by atoms with Crippen LogP contribution >= 0.6 is 0 Å². The SMILES string of the molecule is C[C@@H]1Cc2c(C(=O)N(C)Cc3nccn3C)n[nH]c2[C@H](C)O1. The molecule has 7 nitrogen and oxygen atoms in total. The van der Waals surface area contributed by atoms with Crippen molar-refractivity contribution in [3.05, 3.63) is 35.2 Å². The summed E-state index contributed by atoms with van der Waals surface area (Å²) in [5, 5.41) is 7.19. The molecule has 7 heteroatoms. The number of carbonyl (C=O) groups is 1. The van der Waals surface area contributed by atoms with Gasteiger partial charge in [0, 0.05) is 38.5 Å². The molecule has 0 unspecified atom stereocenters. The molecule has 0 saturated carbocycles. The molecule has 0 saturated heterocycles. The van der Waals surface area contributed by atoms with Crippen LogP contribution in [0.3, 0.4) is 0 Å². The number of aryl methyl sites for hydroxylation is 1. The van der Waals surface area contributed by atoms with Crippen molar-refractivity contribution in [2.45, 2.75) is 39.0 Å². The van der Waals surface area contributed by atoms with Crippen molar-refractivity contribution in [2.24, 2.45) is 7.05 Å². The Hall–Kier alpha value is -2.15. The maximum absolute atomic E-state index is 12.7. The number of nitrogens with zero attached hydrogens (tertiary/aromatic N) is 4. The first-order valence-electron chi connectivity index (χ1n) is 7.41. The lowest BCUT2D eigenvalue weighted by molar-refractivity contribution is -0.00701. The number of ether oxygens (including phenoxy) is 1. The Morgan fingerprint density at radius 1 is 1.55 bits per heavy atom. The van der Waals surface area contributed by atoms with Gasteiger partial charge >= 0.3 is 0 Å². The Balaban J connectivity index is 1.82. The fourth-order valence-corrected chi connectivity index (χ4v) is 2.86. The van der Waals surface area contributed by atoms with Gasteiger partial charge in [0.15, 0.2) is 5.69 Å². The number of carbonyl (C=O) groups excluding carboxylic acids is 1. The second-order valence-corrected chi connectivity index (χ2v) is 5.87. The Bertz CT molecular complexity index is 690. The number of aromatic amines is 1. The summed E-state index contributed by atoms with van der Waals surface area (Å²) in [6.07, 6.45) is 4.32. The fraction of sp³-hybridized carbons (Fsp3) is 0.533. The van der Waals surface area contributed by atoms with Gasteiger partial charge in [-0.3, -0.25) is 9.89 Å². The molecule has 1 N–H and O–H groups in total. The zero-order chi connectivity index (χ0) is 15.9. The molecule has 0 fully saturated rings. The third-order valence-corrected chi connectivity index (χ3v) is 4.08. The molecule has 0 aliphatic carbocycles. The minimum absolute atomic E-state index is 0.0624. The lowest BCUT2D eigenvalue weighted by Gasteiger charge is -2.25. The standard InChI is InChI=1S/C15H21N5O2/c1-9-7-11-13(10(2)22-9)17-18-14(11)15(21)20(4)8-12-16-5-6-19(12)3/h5-6,9-10H,7-8H2,1-4H3,(H,17,18)/t9-,10+/m1/s1. The molecule has 0 aromatic carbocycles. The Labute approximate surface area is 129 Å². The van der Waals surface area contributed by atoms with E-state index >= 15 is 0 Å². The van der Waals surface area contributed by atoms with Gasteiger partial charge in [0.05, 0.1) is 24.4 Å². The van der Waals surface area contributed by atoms with E-state index in [1.54, 1.807) is 18.1 Å². The number of fused-ring (bicyclic) bond motifs is 1. The molecule has 118 valence electrons. The predicted octanol–water partition coefficient (Wildman–Crippen LogP) is 1.44. The molecule has 3 rings (SSSR count). The normalized spacial score (nSPS) is 20.7. The van der Waals surface area contributed by atoms with Crippen LogP contribution in [0.15, 0.2) is 12.4 Å². The number of H-pyrrole nitrogens is 1. The lowest BCUT2D eigenvalue weighted by atomic mass is 9.99. The van der Waals surface area contributed by atoms with E-state index in [2.05, 4.69) is 15.2 Å². The second-order valence-electron chi connectivity index (χ2n) is 5.87. The van der Waals surface area contributed by atoms with Gasteiger partial charge in [-0.15, -0.1) is 0 Å². The quantitative estimate of drug-likeness (QED) is 0.931. The molecule has 2 atom stereocenters. The zero-order valence-electron chi connectivity index (χ0n) is 13.3. The Morgan fingerprint density at radius 3 is 3.00 bits per heavy atom. The summed E-state index contributed by atoms with van der Waals surface area (Å²) in [6.45, 7) is 4.43. The minimum atomic E-state index is -0.0956. The van der Waals surface area contributed by atoms with Gasteiger partial charge in [-0.25, -0.2) is 4.98 Å². The fourth-order valence-electron chi connectivity index (χ4n) is 2.86. The summed E-state index contributed by atoms with van der Waals surface area (Å²) in [5.74, 6) is 0.743. The number of nitrogens with one attached hydrogen (secondary N) is 1. The monoisotopic (exact) mass is 303 g/mol. The van der Waals surface area contributed by atoms with Crippen LogP contribution in [0.2, 0.25) is 0 Å². The van der Waals surface area contributed by atoms with E-state index in [9.17, 15) is 4.79 Å². The maximum Gasteiger partial charge on any atom is 0.274 e. The first-order chi connectivity index (χ1) is 10.5. The van der Waals surface area contributed by atoms with E-state index in [0.29, 0.717) is 18.7 Å². The van der Waals surface area contributed by atoms with E-state index in [1.165, 1.54) is 0 Å². The highest BCUT2D eigenvalue weighted by atomic mass is 16.5. The third kappa shape index (κ3) is 2.52. The third-order valence-electron chi connectivity index (χ3n) is 4.08. The highest BCUT2D eigenvalue weighted by molar-refractivity contribution is 5.93. The molecule has 0 radical (unpaired) electrons. The maximum atomic E-state index is 12.7. The van der Waals surface area contributed by atoms with Gasteiger partial charge < -0.3 is 14.2 Å². The van der Waals surface area contributed by atoms with E-state index in [1.807, 2.05) is 31.7 Å². The second kappa shape index (κ2) is 5.57. The van der Waals surface area contributed by atoms with Crippen molar-refractivity contribution >= 4 is 5.91 Å². The molecule has 0 bridgehead atoms. The lowest BCUT2D eigenvalue weighted by Crippen LogP contribution is -2.30. The van der Waals surface area contributed by atoms with Crippen molar-refractivity contribution in [1.29, 1.82) is 0 Å². The van der Waals surface area contributed by atoms with Crippen LogP contribution in [0.1, 0.15) is 47.5 Å². The van der Waals surface area contributed by atoms with Crippen LogP contribution in [0, 0.1) is 0 Å². The van der Waals surface area contributed by atoms with E-state index in [-0.39, 0.29) is 18.1 Å². The number of hydrogen-bond acceptors (Lipinski definition) is 4. The van der Waals surface area contributed by atoms with E-state index < -0.39 is 0 Å². The number of hydrogen-bond donors (Lipinski definition) is 1. The van der Waals surface area contributed by atoms with Gasteiger partial charge in [0.1, 0.15) is 5.82 Å². The van der Waals surface area contributed by atoms with Crippen LogP contribution in [-0.2, 0) is 24.8 Å². The molecule has 22 heavy (non-hydrogen) atoms. The predicted molar refractivity (Wildman–Crippen MR) is 80.3 cm³/mol. The van der Waals surface area contributed by atoms with Crippen LogP contribution in [-0.4, -0.2) is 43.7 Å². The molecule has 1 aliphatic rings. The summed E-state index contributed by atoms with van der Waals surface area (Å²) >= 11 is 0. The molecular formula is C15H21N5O2. The first kappa shape index (κ1) is 14.8. The molecule has 1 aliphatic heterocycles. The van der Waals surface area contributed by atoms with Crippen molar-refractivity contribution in [2.75, 3.05) is 7.05 Å². The molecule has 2 aromatic rings. The summed E-state index contributed by atoms with van der Waals surface area (Å²) in [6, 6.07) is 0. The van der Waals surface area contributed by atoms with Crippen molar-refractivity contribution in [1.82, 2.24) is 24.6 Å². The molecular weight excluding hydrogens is 282 g/mol. The van der Waals surface area contributed by atoms with Crippen LogP contribution < -0.4 is 0 Å². The van der Waals surface area contributed by atoms with Crippen molar-refractivity contribution < 1.29 is 9.53 Å². The van der Waals surface area contributed by atoms with Gasteiger partial charge in [-0.05, 0) is 13.8 Å². The molecule has 2 aromatic heterocycles. The molecule has 3 heterocycles. The minimum Gasteiger partial charge on any atom is -0.369 e. The summed E-state index contributed by atoms with van der Waals surface area (Å²) < 4.78 is 7.66. The number of imidazole rings is 1. The summed E-state index contributed by atoms with van der Waals surface area (Å²) in [5.41, 5.74) is 2.38. The van der Waals surface area contributed by atoms with Gasteiger partial charge in [0.2, 0.25) is 0 Å². The van der Waals surface area contributed by atoms with E-state index in [4.69, 9.17) is 4.74 Å². The summed E-state index contributed by atoms with van der Waals surface area (Å²) in [4.78, 5) is 18.6. The average molecular weight is 303 g/mol. The zero-order valence-corrected chi connectivity index (χ0v) is 13.3. The Kier molecular flexibility index (Phi) is 3.74. The van der Waals surface area contributed by atoms with Crippen LogP contribution in [0.4, 0.5) is 0 Å². The molecule has 0 spiro atoms. The van der Waals surface area contributed by atoms with Gasteiger partial charge in [-0.2, -0.15) is 5.10 Å². The highest BCUT2D eigenvalue weighted by Crippen LogP contribution is 2.30. The number of aromatic nitrogens is 4. The first-order valence-corrected chi connectivity index (χ1v) is 7.41. The highest BCUT2D eigenvalue weighted by Gasteiger charge is 2.30. The smallest absolute Gasteiger partial charge is 0.274 e. The Morgan fingerprint density at radius 2 is 2.32 bits per heavy atom.